The average molecular weight is 555 g/mol. The first-order valence-electron chi connectivity index (χ1n) is 13.4. The molecule has 2 bridgehead atoms. The molecule has 6 nitrogen and oxygen atoms in total. The quantitative estimate of drug-likeness (QED) is 0.334. The maximum absolute atomic E-state index is 13.1. The highest BCUT2D eigenvalue weighted by Crippen LogP contribution is 2.47. The zero-order valence-corrected chi connectivity index (χ0v) is 23.5. The highest BCUT2D eigenvalue weighted by atomic mass is 35.5. The summed E-state index contributed by atoms with van der Waals surface area (Å²) in [5.74, 6) is 1.27. The number of ether oxygens (including phenoxy) is 1. The van der Waals surface area contributed by atoms with Gasteiger partial charge in [-0.1, -0.05) is 67.3 Å². The average Bonchev–Trinajstić information content (AvgIpc) is 3.62. The summed E-state index contributed by atoms with van der Waals surface area (Å²) in [4.78, 5) is 15.1. The Labute approximate surface area is 233 Å². The van der Waals surface area contributed by atoms with E-state index in [2.05, 4.69) is 43.4 Å². The molecule has 2 saturated carbocycles. The maximum atomic E-state index is 13.1. The third kappa shape index (κ3) is 4.94. The lowest BCUT2D eigenvalue weighted by Gasteiger charge is -2.54. The van der Waals surface area contributed by atoms with Crippen molar-refractivity contribution in [1.82, 2.24) is 10.1 Å². The zero-order chi connectivity index (χ0) is 26.6. The number of urea groups is 1. The third-order valence-corrected chi connectivity index (χ3v) is 8.67. The molecule has 3 heterocycles. The third-order valence-electron chi connectivity index (χ3n) is 8.04. The van der Waals surface area contributed by atoms with Crippen molar-refractivity contribution in [2.45, 2.75) is 89.0 Å². The fraction of sp³-hybridized carbons (Fsp3) is 0.467. The number of nitrogens with zero attached hydrogens (tertiary/aromatic N) is 2. The second-order valence-electron chi connectivity index (χ2n) is 11.9. The predicted octanol–water partition coefficient (Wildman–Crippen LogP) is 8.18. The van der Waals surface area contributed by atoms with Crippen molar-refractivity contribution in [2.24, 2.45) is 0 Å². The summed E-state index contributed by atoms with van der Waals surface area (Å²) >= 11 is 13.0. The lowest BCUT2D eigenvalue weighted by molar-refractivity contribution is -0.0837. The second-order valence-corrected chi connectivity index (χ2v) is 12.7. The van der Waals surface area contributed by atoms with Crippen LogP contribution in [0.15, 0.2) is 47.0 Å². The van der Waals surface area contributed by atoms with Gasteiger partial charge in [0.05, 0.1) is 22.8 Å². The van der Waals surface area contributed by atoms with Gasteiger partial charge in [-0.05, 0) is 67.3 Å². The molecule has 1 N–H and O–H groups in total. The van der Waals surface area contributed by atoms with Crippen LogP contribution in [-0.2, 0) is 16.8 Å². The summed E-state index contributed by atoms with van der Waals surface area (Å²) in [7, 11) is 0. The molecule has 2 aliphatic heterocycles. The van der Waals surface area contributed by atoms with Gasteiger partial charge in [-0.2, -0.15) is 0 Å². The van der Waals surface area contributed by atoms with E-state index >= 15 is 0 Å². The maximum Gasteiger partial charge on any atom is 0.322 e. The van der Waals surface area contributed by atoms with E-state index in [4.69, 9.17) is 32.5 Å². The van der Waals surface area contributed by atoms with Gasteiger partial charge in [0.1, 0.15) is 11.5 Å². The molecule has 7 rings (SSSR count). The fourth-order valence-electron chi connectivity index (χ4n) is 5.79. The summed E-state index contributed by atoms with van der Waals surface area (Å²) in [5.41, 5.74) is 4.36. The van der Waals surface area contributed by atoms with Gasteiger partial charge >= 0.3 is 6.03 Å². The van der Waals surface area contributed by atoms with E-state index < -0.39 is 0 Å². The second kappa shape index (κ2) is 9.89. The van der Waals surface area contributed by atoms with E-state index in [1.807, 2.05) is 35.2 Å². The Morgan fingerprint density at radius 1 is 1.08 bits per heavy atom. The summed E-state index contributed by atoms with van der Waals surface area (Å²) in [5, 5.41) is 8.57. The molecule has 0 spiro atoms. The van der Waals surface area contributed by atoms with Crippen molar-refractivity contribution in [1.29, 1.82) is 0 Å². The molecule has 2 aliphatic carbocycles. The first-order chi connectivity index (χ1) is 18.2. The number of carbonyl (C=O) groups excluding carboxylic acids is 1. The summed E-state index contributed by atoms with van der Waals surface area (Å²) < 4.78 is 12.2. The molecule has 4 fully saturated rings. The van der Waals surface area contributed by atoms with E-state index in [-0.39, 0.29) is 29.6 Å². The largest absolute Gasteiger partial charge is 0.373 e. The van der Waals surface area contributed by atoms with Crippen LogP contribution < -0.4 is 5.32 Å². The molecular formula is C30H33Cl2N3O3. The fourth-order valence-corrected chi connectivity index (χ4v) is 6.37. The van der Waals surface area contributed by atoms with Crippen LogP contribution in [0.4, 0.5) is 10.5 Å². The van der Waals surface area contributed by atoms with Crippen molar-refractivity contribution in [3.8, 4) is 11.3 Å². The number of hydrogen-bond donors (Lipinski definition) is 1. The lowest BCUT2D eigenvalue weighted by atomic mass is 9.78. The number of benzene rings is 2. The van der Waals surface area contributed by atoms with Gasteiger partial charge in [-0.25, -0.2) is 4.79 Å². The van der Waals surface area contributed by atoms with Gasteiger partial charge in [0.2, 0.25) is 0 Å². The molecule has 2 aromatic carbocycles. The Bertz CT molecular complexity index is 1330. The van der Waals surface area contributed by atoms with E-state index in [0.717, 1.165) is 49.1 Å². The highest BCUT2D eigenvalue weighted by molar-refractivity contribution is 6.39. The molecular weight excluding hydrogens is 521 g/mol. The van der Waals surface area contributed by atoms with Crippen LogP contribution >= 0.6 is 23.2 Å². The predicted molar refractivity (Wildman–Crippen MR) is 150 cm³/mol. The number of hydrogen-bond acceptors (Lipinski definition) is 4. The smallest absolute Gasteiger partial charge is 0.322 e. The summed E-state index contributed by atoms with van der Waals surface area (Å²) in [6.45, 7) is 6.91. The SMILES string of the molecule is CC(C)(C)c1cccc(NC(=O)N2C3CC(OCc4c(-c5c(Cl)cccc5Cl)noc4C4CC4)CC2C3)c1. The highest BCUT2D eigenvalue weighted by Gasteiger charge is 2.48. The first-order valence-corrected chi connectivity index (χ1v) is 14.2. The van der Waals surface area contributed by atoms with E-state index in [1.165, 1.54) is 5.56 Å². The first kappa shape index (κ1) is 25.7. The Balaban J connectivity index is 1.11. The minimum absolute atomic E-state index is 0.0264. The lowest BCUT2D eigenvalue weighted by Crippen LogP contribution is -2.65. The number of piperidine rings is 1. The van der Waals surface area contributed by atoms with Crippen molar-refractivity contribution in [3.63, 3.8) is 0 Å². The van der Waals surface area contributed by atoms with Crippen molar-refractivity contribution in [2.75, 3.05) is 5.32 Å². The van der Waals surface area contributed by atoms with E-state index in [9.17, 15) is 4.79 Å². The number of anilines is 1. The molecule has 1 aromatic heterocycles. The number of fused-ring (bicyclic) bond motifs is 2. The van der Waals surface area contributed by atoms with E-state index in [0.29, 0.717) is 33.8 Å². The van der Waals surface area contributed by atoms with Crippen LogP contribution in [0.1, 0.15) is 75.7 Å². The minimum atomic E-state index is -0.0264. The molecule has 2 atom stereocenters. The Hall–Kier alpha value is -2.54. The number of halogens is 2. The normalized spacial score (nSPS) is 22.8. The molecule has 8 heteroatoms. The van der Waals surface area contributed by atoms with Gasteiger partial charge < -0.3 is 19.5 Å². The molecule has 3 aromatic rings. The van der Waals surface area contributed by atoms with Gasteiger partial charge in [0.25, 0.3) is 0 Å². The number of nitrogens with one attached hydrogen (secondary N) is 1. The molecule has 2 saturated heterocycles. The van der Waals surface area contributed by atoms with Crippen LogP contribution in [0.5, 0.6) is 0 Å². The number of carbonyl (C=O) groups is 1. The van der Waals surface area contributed by atoms with Gasteiger partial charge in [0, 0.05) is 34.8 Å². The summed E-state index contributed by atoms with van der Waals surface area (Å²) in [6.07, 6.45) is 4.92. The Kier molecular flexibility index (Phi) is 6.69. The molecule has 2 amide bonds. The number of rotatable bonds is 6. The van der Waals surface area contributed by atoms with Crippen LogP contribution in [0.3, 0.4) is 0 Å². The molecule has 2 unspecified atom stereocenters. The van der Waals surface area contributed by atoms with Crippen LogP contribution in [0, 0.1) is 0 Å². The van der Waals surface area contributed by atoms with Crippen LogP contribution in [0.25, 0.3) is 11.3 Å². The van der Waals surface area contributed by atoms with Crippen molar-refractivity contribution in [3.05, 3.63) is 69.4 Å². The molecule has 38 heavy (non-hydrogen) atoms. The topological polar surface area (TPSA) is 67.6 Å². The Morgan fingerprint density at radius 3 is 2.42 bits per heavy atom. The zero-order valence-electron chi connectivity index (χ0n) is 22.0. The molecule has 0 radical (unpaired) electrons. The van der Waals surface area contributed by atoms with Crippen molar-refractivity contribution >= 4 is 34.9 Å². The standard InChI is InChI=1S/C30H33Cl2N3O3/c1-30(2,3)18-6-4-7-19(12-18)33-29(36)35-20-13-21(35)15-22(14-20)37-16-23-27(34-38-28(23)17-10-11-17)26-24(31)8-5-9-25(26)32/h4-9,12,17,20-22H,10-11,13-16H2,1-3H3,(H,33,36). The van der Waals surface area contributed by atoms with Gasteiger partial charge in [-0.15, -0.1) is 0 Å². The van der Waals surface area contributed by atoms with E-state index in [1.54, 1.807) is 0 Å². The minimum Gasteiger partial charge on any atom is -0.373 e. The molecule has 4 aliphatic rings. The monoisotopic (exact) mass is 553 g/mol. The summed E-state index contributed by atoms with van der Waals surface area (Å²) in [6, 6.07) is 13.9. The van der Waals surface area contributed by atoms with Gasteiger partial charge in [0.15, 0.2) is 0 Å². The van der Waals surface area contributed by atoms with Crippen LogP contribution in [-0.4, -0.2) is 34.3 Å². The number of amides is 2. The van der Waals surface area contributed by atoms with Gasteiger partial charge in [-0.3, -0.25) is 0 Å². The van der Waals surface area contributed by atoms with Crippen molar-refractivity contribution < 1.29 is 14.1 Å². The Morgan fingerprint density at radius 2 is 1.76 bits per heavy atom. The molecule has 200 valence electrons. The van der Waals surface area contributed by atoms with Crippen LogP contribution in [0.2, 0.25) is 10.0 Å². The number of aromatic nitrogens is 1.